The molecule has 0 radical (unpaired) electrons. The quantitative estimate of drug-likeness (QED) is 0.786. The fourth-order valence-electron chi connectivity index (χ4n) is 2.11. The lowest BCUT2D eigenvalue weighted by molar-refractivity contribution is 0.865. The number of nitrogens with one attached hydrogen (secondary N) is 1. The number of rotatable bonds is 4. The van der Waals surface area contributed by atoms with E-state index in [-0.39, 0.29) is 0 Å². The highest BCUT2D eigenvalue weighted by atomic mass is 15.3. The molecule has 0 unspecified atom stereocenters. The summed E-state index contributed by atoms with van der Waals surface area (Å²) in [7, 11) is 0. The van der Waals surface area contributed by atoms with Gasteiger partial charge >= 0.3 is 0 Å². The molecule has 3 aromatic rings. The van der Waals surface area contributed by atoms with Crippen LogP contribution in [-0.4, -0.2) is 14.6 Å². The van der Waals surface area contributed by atoms with Gasteiger partial charge in [-0.2, -0.15) is 4.98 Å². The summed E-state index contributed by atoms with van der Waals surface area (Å²) in [6.07, 6.45) is 1.89. The normalized spacial score (nSPS) is 11.2. The van der Waals surface area contributed by atoms with Crippen LogP contribution in [0.1, 0.15) is 30.9 Å². The average Bonchev–Trinajstić information content (AvgIpc) is 2.88. The van der Waals surface area contributed by atoms with Crippen molar-refractivity contribution in [2.24, 2.45) is 0 Å². The van der Waals surface area contributed by atoms with Gasteiger partial charge in [-0.05, 0) is 29.2 Å². The summed E-state index contributed by atoms with van der Waals surface area (Å²) < 4.78 is 1.77. The first kappa shape index (κ1) is 12.7. The van der Waals surface area contributed by atoms with Crippen LogP contribution in [0.4, 0.5) is 5.95 Å². The predicted octanol–water partition coefficient (Wildman–Crippen LogP) is 3.46. The van der Waals surface area contributed by atoms with Gasteiger partial charge in [0.15, 0.2) is 5.65 Å². The van der Waals surface area contributed by atoms with Crippen LogP contribution in [0.3, 0.4) is 0 Å². The van der Waals surface area contributed by atoms with Crippen molar-refractivity contribution < 1.29 is 0 Å². The van der Waals surface area contributed by atoms with E-state index in [1.807, 2.05) is 24.4 Å². The summed E-state index contributed by atoms with van der Waals surface area (Å²) in [5.74, 6) is 1.22. The van der Waals surface area contributed by atoms with Gasteiger partial charge in [0.2, 0.25) is 5.95 Å². The second-order valence-corrected chi connectivity index (χ2v) is 5.19. The van der Waals surface area contributed by atoms with E-state index in [4.69, 9.17) is 0 Å². The van der Waals surface area contributed by atoms with Crippen LogP contribution in [0.15, 0.2) is 48.7 Å². The van der Waals surface area contributed by atoms with Crippen molar-refractivity contribution in [3.05, 3.63) is 59.8 Å². The third-order valence-corrected chi connectivity index (χ3v) is 3.34. The van der Waals surface area contributed by atoms with Crippen molar-refractivity contribution in [2.45, 2.75) is 26.3 Å². The smallest absolute Gasteiger partial charge is 0.243 e. The molecule has 0 amide bonds. The molecule has 2 heterocycles. The van der Waals surface area contributed by atoms with Crippen molar-refractivity contribution in [2.75, 3.05) is 5.32 Å². The highest BCUT2D eigenvalue weighted by molar-refractivity contribution is 5.43. The lowest BCUT2D eigenvalue weighted by Gasteiger charge is -2.07. The molecule has 0 aliphatic carbocycles. The number of benzene rings is 1. The van der Waals surface area contributed by atoms with Gasteiger partial charge in [-0.25, -0.2) is 4.52 Å². The van der Waals surface area contributed by atoms with Crippen LogP contribution in [0.5, 0.6) is 0 Å². The Kier molecular flexibility index (Phi) is 3.37. The van der Waals surface area contributed by atoms with E-state index in [0.29, 0.717) is 11.9 Å². The fraction of sp³-hybridized carbons (Fsp3) is 0.250. The van der Waals surface area contributed by atoms with Crippen molar-refractivity contribution in [3.63, 3.8) is 0 Å². The van der Waals surface area contributed by atoms with E-state index in [1.165, 1.54) is 11.1 Å². The van der Waals surface area contributed by atoms with Crippen molar-refractivity contribution in [1.29, 1.82) is 0 Å². The number of hydrogen-bond acceptors (Lipinski definition) is 3. The third-order valence-electron chi connectivity index (χ3n) is 3.34. The first-order chi connectivity index (χ1) is 9.72. The summed E-state index contributed by atoms with van der Waals surface area (Å²) in [5.41, 5.74) is 3.44. The van der Waals surface area contributed by atoms with Crippen molar-refractivity contribution in [3.8, 4) is 0 Å². The van der Waals surface area contributed by atoms with Gasteiger partial charge in [-0.15, -0.1) is 5.10 Å². The molecule has 0 atom stereocenters. The van der Waals surface area contributed by atoms with Gasteiger partial charge in [0.05, 0.1) is 0 Å². The molecule has 102 valence electrons. The van der Waals surface area contributed by atoms with E-state index in [0.717, 1.165) is 12.2 Å². The standard InChI is InChI=1S/C16H18N4/c1-12(2)14-8-6-13(7-9-14)11-17-16-18-15-5-3-4-10-20(15)19-16/h3-10,12H,11H2,1-2H3,(H,17,19). The van der Waals surface area contributed by atoms with Crippen LogP contribution in [0, 0.1) is 0 Å². The van der Waals surface area contributed by atoms with Crippen molar-refractivity contribution >= 4 is 11.6 Å². The van der Waals surface area contributed by atoms with Gasteiger partial charge < -0.3 is 5.32 Å². The van der Waals surface area contributed by atoms with Gasteiger partial charge in [0, 0.05) is 12.7 Å². The van der Waals surface area contributed by atoms with E-state index >= 15 is 0 Å². The lowest BCUT2D eigenvalue weighted by Crippen LogP contribution is -2.01. The Hall–Kier alpha value is -2.36. The lowest BCUT2D eigenvalue weighted by atomic mass is 10.0. The number of nitrogens with zero attached hydrogens (tertiary/aromatic N) is 3. The third kappa shape index (κ3) is 2.64. The van der Waals surface area contributed by atoms with E-state index in [1.54, 1.807) is 4.52 Å². The van der Waals surface area contributed by atoms with Gasteiger partial charge in [0.25, 0.3) is 0 Å². The largest absolute Gasteiger partial charge is 0.349 e. The number of fused-ring (bicyclic) bond motifs is 1. The molecule has 2 aromatic heterocycles. The van der Waals surface area contributed by atoms with E-state index in [2.05, 4.69) is 53.5 Å². The van der Waals surface area contributed by atoms with Gasteiger partial charge in [-0.1, -0.05) is 44.2 Å². The van der Waals surface area contributed by atoms with Crippen LogP contribution < -0.4 is 5.32 Å². The summed E-state index contributed by atoms with van der Waals surface area (Å²) in [6.45, 7) is 5.14. The van der Waals surface area contributed by atoms with Crippen LogP contribution in [0.2, 0.25) is 0 Å². The number of hydrogen-bond donors (Lipinski definition) is 1. The molecule has 0 aliphatic heterocycles. The highest BCUT2D eigenvalue weighted by Crippen LogP contribution is 2.15. The van der Waals surface area contributed by atoms with Gasteiger partial charge in [-0.3, -0.25) is 0 Å². The molecule has 1 N–H and O–H groups in total. The molecule has 4 nitrogen and oxygen atoms in total. The van der Waals surface area contributed by atoms with Crippen LogP contribution in [-0.2, 0) is 6.54 Å². The molecule has 20 heavy (non-hydrogen) atoms. The maximum absolute atomic E-state index is 4.41. The Morgan fingerprint density at radius 2 is 1.90 bits per heavy atom. The van der Waals surface area contributed by atoms with Crippen LogP contribution in [0.25, 0.3) is 5.65 Å². The minimum absolute atomic E-state index is 0.567. The van der Waals surface area contributed by atoms with Crippen LogP contribution >= 0.6 is 0 Å². The zero-order valence-corrected chi connectivity index (χ0v) is 11.7. The molecule has 1 aromatic carbocycles. The molecule has 0 saturated heterocycles. The Balaban J connectivity index is 1.69. The topological polar surface area (TPSA) is 42.2 Å². The Bertz CT molecular complexity index is 665. The van der Waals surface area contributed by atoms with Gasteiger partial charge in [0.1, 0.15) is 0 Å². The SMILES string of the molecule is CC(C)c1ccc(CNc2nc3ccccn3n2)cc1. The minimum atomic E-state index is 0.567. The number of aromatic nitrogens is 3. The second-order valence-electron chi connectivity index (χ2n) is 5.19. The predicted molar refractivity (Wildman–Crippen MR) is 80.8 cm³/mol. The molecule has 0 fully saturated rings. The average molecular weight is 266 g/mol. The first-order valence-electron chi connectivity index (χ1n) is 6.86. The zero-order valence-electron chi connectivity index (χ0n) is 11.7. The van der Waals surface area contributed by atoms with E-state index in [9.17, 15) is 0 Å². The maximum Gasteiger partial charge on any atom is 0.243 e. The van der Waals surface area contributed by atoms with E-state index < -0.39 is 0 Å². The molecule has 4 heteroatoms. The molecule has 0 saturated carbocycles. The molecule has 0 spiro atoms. The summed E-state index contributed by atoms with van der Waals surface area (Å²) >= 11 is 0. The molecular formula is C16H18N4. The summed E-state index contributed by atoms with van der Waals surface area (Å²) in [4.78, 5) is 4.41. The Morgan fingerprint density at radius 1 is 1.10 bits per heavy atom. The monoisotopic (exact) mass is 266 g/mol. The summed E-state index contributed by atoms with van der Waals surface area (Å²) in [5, 5.41) is 7.62. The first-order valence-corrected chi connectivity index (χ1v) is 6.86. The molecule has 0 aliphatic rings. The second kappa shape index (κ2) is 5.33. The minimum Gasteiger partial charge on any atom is -0.349 e. The Labute approximate surface area is 118 Å². The number of anilines is 1. The molecule has 0 bridgehead atoms. The highest BCUT2D eigenvalue weighted by Gasteiger charge is 2.03. The molecule has 3 rings (SSSR count). The Morgan fingerprint density at radius 3 is 2.60 bits per heavy atom. The zero-order chi connectivity index (χ0) is 13.9. The van der Waals surface area contributed by atoms with Crippen molar-refractivity contribution in [1.82, 2.24) is 14.6 Å². The maximum atomic E-state index is 4.41. The fourth-order valence-corrected chi connectivity index (χ4v) is 2.11. The number of pyridine rings is 1. The summed E-state index contributed by atoms with van der Waals surface area (Å²) in [6, 6.07) is 14.5. The molecular weight excluding hydrogens is 248 g/mol.